The number of rotatable bonds is 4. The molecule has 0 fully saturated rings. The van der Waals surface area contributed by atoms with Crippen molar-refractivity contribution in [3.8, 4) is 0 Å². The normalized spacial score (nSPS) is 11.4. The summed E-state index contributed by atoms with van der Waals surface area (Å²) in [5, 5.41) is 1.39. The summed E-state index contributed by atoms with van der Waals surface area (Å²) in [5.74, 6) is 0.815. The highest BCUT2D eigenvalue weighted by atomic mass is 14.7. The van der Waals surface area contributed by atoms with E-state index in [4.69, 9.17) is 0 Å². The molecule has 0 saturated carbocycles. The highest BCUT2D eigenvalue weighted by molar-refractivity contribution is 5.82. The van der Waals surface area contributed by atoms with Crippen LogP contribution >= 0.6 is 0 Å². The van der Waals surface area contributed by atoms with Crippen LogP contribution in [0.4, 0.5) is 0 Å². The third-order valence-electron chi connectivity index (χ3n) is 2.90. The predicted molar refractivity (Wildman–Crippen MR) is 66.1 cm³/mol. The number of aromatic amines is 1. The minimum atomic E-state index is 0.815. The number of hydrogen-bond donors (Lipinski definition) is 1. The number of benzene rings is 1. The summed E-state index contributed by atoms with van der Waals surface area (Å²) in [6.07, 6.45) is 5.96. The van der Waals surface area contributed by atoms with Gasteiger partial charge in [-0.05, 0) is 30.4 Å². The van der Waals surface area contributed by atoms with Gasteiger partial charge in [0.05, 0.1) is 0 Å². The zero-order chi connectivity index (χ0) is 10.7. The second-order valence-corrected chi connectivity index (χ2v) is 4.65. The maximum absolute atomic E-state index is 3.33. The summed E-state index contributed by atoms with van der Waals surface area (Å²) in [4.78, 5) is 3.33. The number of nitrogens with one attached hydrogen (secondary N) is 1. The number of para-hydroxylation sites is 1. The van der Waals surface area contributed by atoms with E-state index in [9.17, 15) is 0 Å². The molecule has 0 aliphatic rings. The second-order valence-electron chi connectivity index (χ2n) is 4.65. The molecule has 0 aliphatic heterocycles. The van der Waals surface area contributed by atoms with Crippen LogP contribution in [0, 0.1) is 5.92 Å². The monoisotopic (exact) mass is 201 g/mol. The van der Waals surface area contributed by atoms with Gasteiger partial charge in [-0.3, -0.25) is 0 Å². The summed E-state index contributed by atoms with van der Waals surface area (Å²) in [5.41, 5.74) is 2.73. The SMILES string of the molecule is CC(C)CCCc1c[nH]c2ccccc12. The van der Waals surface area contributed by atoms with Gasteiger partial charge in [-0.15, -0.1) is 0 Å². The first kappa shape index (κ1) is 10.3. The van der Waals surface area contributed by atoms with Crippen molar-refractivity contribution in [2.24, 2.45) is 5.92 Å². The van der Waals surface area contributed by atoms with Crippen LogP contribution in [-0.4, -0.2) is 4.98 Å². The topological polar surface area (TPSA) is 15.8 Å². The first-order valence-corrected chi connectivity index (χ1v) is 5.82. The van der Waals surface area contributed by atoms with E-state index in [1.807, 2.05) is 0 Å². The number of hydrogen-bond acceptors (Lipinski definition) is 0. The van der Waals surface area contributed by atoms with E-state index in [0.29, 0.717) is 0 Å². The minimum absolute atomic E-state index is 0.815. The number of H-pyrrole nitrogens is 1. The summed E-state index contributed by atoms with van der Waals surface area (Å²) < 4.78 is 0. The minimum Gasteiger partial charge on any atom is -0.361 e. The summed E-state index contributed by atoms with van der Waals surface area (Å²) in [6.45, 7) is 4.57. The van der Waals surface area contributed by atoms with Crippen LogP contribution in [0.2, 0.25) is 0 Å². The van der Waals surface area contributed by atoms with Gasteiger partial charge >= 0.3 is 0 Å². The number of fused-ring (bicyclic) bond motifs is 1. The Morgan fingerprint density at radius 2 is 2.00 bits per heavy atom. The van der Waals surface area contributed by atoms with Crippen molar-refractivity contribution in [3.05, 3.63) is 36.0 Å². The molecule has 1 aromatic carbocycles. The molecule has 1 aromatic heterocycles. The number of aryl methyl sites for hydroxylation is 1. The Morgan fingerprint density at radius 1 is 1.20 bits per heavy atom. The molecule has 1 nitrogen and oxygen atoms in total. The highest BCUT2D eigenvalue weighted by Gasteiger charge is 2.02. The van der Waals surface area contributed by atoms with E-state index in [-0.39, 0.29) is 0 Å². The van der Waals surface area contributed by atoms with Gasteiger partial charge in [0.15, 0.2) is 0 Å². The molecule has 80 valence electrons. The lowest BCUT2D eigenvalue weighted by molar-refractivity contribution is 0.556. The maximum Gasteiger partial charge on any atom is 0.0456 e. The van der Waals surface area contributed by atoms with Crippen LogP contribution in [0.3, 0.4) is 0 Å². The molecule has 0 aliphatic carbocycles. The Labute approximate surface area is 91.5 Å². The molecule has 0 atom stereocenters. The van der Waals surface area contributed by atoms with E-state index in [2.05, 4.69) is 49.3 Å². The first-order valence-electron chi connectivity index (χ1n) is 5.82. The fraction of sp³-hybridized carbons (Fsp3) is 0.429. The standard InChI is InChI=1S/C14H19N/c1-11(2)6-5-7-12-10-15-14-9-4-3-8-13(12)14/h3-4,8-11,15H,5-7H2,1-2H3. The average Bonchev–Trinajstić information content (AvgIpc) is 2.62. The summed E-state index contributed by atoms with van der Waals surface area (Å²) in [6, 6.07) is 8.54. The molecule has 0 amide bonds. The van der Waals surface area contributed by atoms with Crippen molar-refractivity contribution >= 4 is 10.9 Å². The van der Waals surface area contributed by atoms with Crippen molar-refractivity contribution in [2.75, 3.05) is 0 Å². The van der Waals surface area contributed by atoms with Crippen LogP contribution in [0.25, 0.3) is 10.9 Å². The Kier molecular flexibility index (Phi) is 3.10. The van der Waals surface area contributed by atoms with Crippen molar-refractivity contribution in [3.63, 3.8) is 0 Å². The first-order chi connectivity index (χ1) is 7.27. The number of aromatic nitrogens is 1. The molecule has 1 heterocycles. The highest BCUT2D eigenvalue weighted by Crippen LogP contribution is 2.20. The van der Waals surface area contributed by atoms with Crippen LogP contribution in [-0.2, 0) is 6.42 Å². The zero-order valence-electron chi connectivity index (χ0n) is 9.59. The van der Waals surface area contributed by atoms with Crippen LogP contribution in [0.15, 0.2) is 30.5 Å². The van der Waals surface area contributed by atoms with E-state index in [0.717, 1.165) is 5.92 Å². The van der Waals surface area contributed by atoms with Crippen molar-refractivity contribution in [1.29, 1.82) is 0 Å². The Hall–Kier alpha value is -1.24. The second kappa shape index (κ2) is 4.52. The van der Waals surface area contributed by atoms with E-state index in [1.165, 1.54) is 35.7 Å². The molecule has 1 heteroatoms. The lowest BCUT2D eigenvalue weighted by atomic mass is 10.0. The Balaban J connectivity index is 2.08. The summed E-state index contributed by atoms with van der Waals surface area (Å²) in [7, 11) is 0. The molecular formula is C14H19N. The smallest absolute Gasteiger partial charge is 0.0456 e. The van der Waals surface area contributed by atoms with Crippen molar-refractivity contribution in [2.45, 2.75) is 33.1 Å². The van der Waals surface area contributed by atoms with Crippen LogP contribution in [0.1, 0.15) is 32.3 Å². The molecule has 0 saturated heterocycles. The zero-order valence-corrected chi connectivity index (χ0v) is 9.59. The van der Waals surface area contributed by atoms with Crippen LogP contribution in [0.5, 0.6) is 0 Å². The lowest BCUT2D eigenvalue weighted by Crippen LogP contribution is -1.89. The molecule has 0 radical (unpaired) electrons. The lowest BCUT2D eigenvalue weighted by Gasteiger charge is -2.03. The van der Waals surface area contributed by atoms with E-state index >= 15 is 0 Å². The third-order valence-corrected chi connectivity index (χ3v) is 2.90. The molecule has 0 spiro atoms. The fourth-order valence-corrected chi connectivity index (χ4v) is 2.04. The average molecular weight is 201 g/mol. The molecule has 1 N–H and O–H groups in total. The van der Waals surface area contributed by atoms with Crippen molar-refractivity contribution < 1.29 is 0 Å². The van der Waals surface area contributed by atoms with Gasteiger partial charge in [0, 0.05) is 17.1 Å². The molecular weight excluding hydrogens is 182 g/mol. The Morgan fingerprint density at radius 3 is 2.80 bits per heavy atom. The van der Waals surface area contributed by atoms with Gasteiger partial charge in [0.1, 0.15) is 0 Å². The fourth-order valence-electron chi connectivity index (χ4n) is 2.04. The summed E-state index contributed by atoms with van der Waals surface area (Å²) >= 11 is 0. The maximum atomic E-state index is 3.33. The van der Waals surface area contributed by atoms with E-state index < -0.39 is 0 Å². The van der Waals surface area contributed by atoms with Crippen molar-refractivity contribution in [1.82, 2.24) is 4.98 Å². The van der Waals surface area contributed by atoms with Gasteiger partial charge in [-0.25, -0.2) is 0 Å². The molecule has 0 bridgehead atoms. The third kappa shape index (κ3) is 2.41. The van der Waals surface area contributed by atoms with Gasteiger partial charge in [-0.1, -0.05) is 38.5 Å². The quantitative estimate of drug-likeness (QED) is 0.765. The molecule has 2 rings (SSSR count). The molecule has 15 heavy (non-hydrogen) atoms. The van der Waals surface area contributed by atoms with Gasteiger partial charge in [0.25, 0.3) is 0 Å². The predicted octanol–water partition coefficient (Wildman–Crippen LogP) is 4.15. The van der Waals surface area contributed by atoms with Gasteiger partial charge in [-0.2, -0.15) is 0 Å². The van der Waals surface area contributed by atoms with Gasteiger partial charge in [0.2, 0.25) is 0 Å². The van der Waals surface area contributed by atoms with Crippen LogP contribution < -0.4 is 0 Å². The molecule has 2 aromatic rings. The molecule has 0 unspecified atom stereocenters. The Bertz CT molecular complexity index is 426. The van der Waals surface area contributed by atoms with Gasteiger partial charge < -0.3 is 4.98 Å². The van der Waals surface area contributed by atoms with E-state index in [1.54, 1.807) is 0 Å². The largest absolute Gasteiger partial charge is 0.361 e.